The Morgan fingerprint density at radius 3 is 2.84 bits per heavy atom. The van der Waals surface area contributed by atoms with Gasteiger partial charge in [0, 0.05) is 6.54 Å². The molecule has 3 rings (SSSR count). The summed E-state index contributed by atoms with van der Waals surface area (Å²) in [5.74, 6) is 2.11. The summed E-state index contributed by atoms with van der Waals surface area (Å²) in [5, 5.41) is 5.67. The first-order valence-corrected chi connectivity index (χ1v) is 8.32. The summed E-state index contributed by atoms with van der Waals surface area (Å²) >= 11 is 0. The van der Waals surface area contributed by atoms with Gasteiger partial charge in [0.1, 0.15) is 5.75 Å². The molecule has 25 heavy (non-hydrogen) atoms. The van der Waals surface area contributed by atoms with Gasteiger partial charge in [-0.3, -0.25) is 0 Å². The third kappa shape index (κ3) is 4.35. The van der Waals surface area contributed by atoms with Gasteiger partial charge < -0.3 is 24.8 Å². The number of amides is 2. The maximum atomic E-state index is 12.2. The molecule has 0 saturated carbocycles. The van der Waals surface area contributed by atoms with Gasteiger partial charge in [-0.15, -0.1) is 0 Å². The largest absolute Gasteiger partial charge is 0.491 e. The lowest BCUT2D eigenvalue weighted by molar-refractivity contribution is 0.174. The second kappa shape index (κ2) is 7.79. The Bertz CT molecular complexity index is 761. The fourth-order valence-electron chi connectivity index (χ4n) is 2.46. The number of urea groups is 1. The average Bonchev–Trinajstić information content (AvgIpc) is 3.08. The number of benzene rings is 2. The van der Waals surface area contributed by atoms with Gasteiger partial charge in [0.25, 0.3) is 0 Å². The quantitative estimate of drug-likeness (QED) is 0.837. The van der Waals surface area contributed by atoms with Gasteiger partial charge in [0.05, 0.1) is 12.3 Å². The van der Waals surface area contributed by atoms with E-state index in [1.165, 1.54) is 0 Å². The van der Waals surface area contributed by atoms with Crippen LogP contribution in [0.4, 0.5) is 10.5 Å². The van der Waals surface area contributed by atoms with E-state index in [2.05, 4.69) is 10.6 Å². The lowest BCUT2D eigenvalue weighted by Gasteiger charge is -2.13. The molecule has 6 nitrogen and oxygen atoms in total. The number of ether oxygens (including phenoxy) is 3. The summed E-state index contributed by atoms with van der Waals surface area (Å²) in [5.41, 5.74) is 2.67. The first-order chi connectivity index (χ1) is 12.2. The first-order valence-electron chi connectivity index (χ1n) is 8.32. The van der Waals surface area contributed by atoms with Crippen molar-refractivity contribution in [2.75, 3.05) is 18.7 Å². The lowest BCUT2D eigenvalue weighted by Crippen LogP contribution is -2.28. The van der Waals surface area contributed by atoms with Crippen LogP contribution in [0.1, 0.15) is 24.5 Å². The predicted molar refractivity (Wildman–Crippen MR) is 95.4 cm³/mol. The Morgan fingerprint density at radius 1 is 1.16 bits per heavy atom. The lowest BCUT2D eigenvalue weighted by atomic mass is 10.2. The summed E-state index contributed by atoms with van der Waals surface area (Å²) in [6, 6.07) is 11.0. The van der Waals surface area contributed by atoms with Gasteiger partial charge in [-0.05, 0) is 48.7 Å². The molecule has 0 aliphatic carbocycles. The third-order valence-corrected chi connectivity index (χ3v) is 3.74. The molecule has 1 aliphatic heterocycles. The molecular formula is C19H22N2O4. The van der Waals surface area contributed by atoms with Crippen LogP contribution in [0.25, 0.3) is 0 Å². The van der Waals surface area contributed by atoms with Crippen LogP contribution in [0.3, 0.4) is 0 Å². The van der Waals surface area contributed by atoms with Gasteiger partial charge in [0.15, 0.2) is 11.5 Å². The molecule has 1 aliphatic rings. The molecule has 1 heterocycles. The normalized spacial score (nSPS) is 11.9. The van der Waals surface area contributed by atoms with Crippen molar-refractivity contribution in [2.45, 2.75) is 26.8 Å². The van der Waals surface area contributed by atoms with Gasteiger partial charge in [-0.2, -0.15) is 0 Å². The number of rotatable bonds is 6. The first kappa shape index (κ1) is 17.0. The van der Waals surface area contributed by atoms with Crippen molar-refractivity contribution in [3.63, 3.8) is 0 Å². The van der Waals surface area contributed by atoms with Crippen molar-refractivity contribution in [1.82, 2.24) is 5.32 Å². The number of anilines is 1. The third-order valence-electron chi connectivity index (χ3n) is 3.74. The Labute approximate surface area is 147 Å². The molecule has 2 N–H and O–H groups in total. The number of carbonyl (C=O) groups is 1. The zero-order valence-corrected chi connectivity index (χ0v) is 14.4. The predicted octanol–water partition coefficient (Wildman–Crippen LogP) is 3.83. The van der Waals surface area contributed by atoms with E-state index in [0.29, 0.717) is 30.3 Å². The average molecular weight is 342 g/mol. The van der Waals surface area contributed by atoms with Crippen molar-refractivity contribution < 1.29 is 19.0 Å². The molecule has 6 heteroatoms. The van der Waals surface area contributed by atoms with Gasteiger partial charge in [-0.25, -0.2) is 4.79 Å². The van der Waals surface area contributed by atoms with E-state index in [4.69, 9.17) is 14.2 Å². The van der Waals surface area contributed by atoms with Crippen LogP contribution in [0.2, 0.25) is 0 Å². The summed E-state index contributed by atoms with van der Waals surface area (Å²) < 4.78 is 16.3. The molecule has 0 spiro atoms. The highest BCUT2D eigenvalue weighted by Gasteiger charge is 2.14. The SMILES string of the molecule is CCCOc1cc(C)ccc1NC(=O)NCc1ccc2c(c1)OCO2. The molecule has 2 aromatic carbocycles. The molecule has 0 bridgehead atoms. The van der Waals surface area contributed by atoms with Crippen molar-refractivity contribution in [2.24, 2.45) is 0 Å². The fraction of sp³-hybridized carbons (Fsp3) is 0.316. The molecule has 132 valence electrons. The molecule has 0 atom stereocenters. The molecule has 2 aromatic rings. The summed E-state index contributed by atoms with van der Waals surface area (Å²) in [6.07, 6.45) is 0.906. The van der Waals surface area contributed by atoms with Crippen molar-refractivity contribution in [3.8, 4) is 17.2 Å². The smallest absolute Gasteiger partial charge is 0.319 e. The molecule has 0 aromatic heterocycles. The maximum Gasteiger partial charge on any atom is 0.319 e. The molecule has 0 radical (unpaired) electrons. The van der Waals surface area contributed by atoms with Crippen LogP contribution < -0.4 is 24.8 Å². The van der Waals surface area contributed by atoms with Crippen LogP contribution in [-0.2, 0) is 6.54 Å². The second-order valence-electron chi connectivity index (χ2n) is 5.84. The van der Waals surface area contributed by atoms with E-state index in [9.17, 15) is 4.79 Å². The van der Waals surface area contributed by atoms with Crippen molar-refractivity contribution in [1.29, 1.82) is 0 Å². The van der Waals surface area contributed by atoms with Gasteiger partial charge in [-0.1, -0.05) is 19.1 Å². The van der Waals surface area contributed by atoms with Crippen LogP contribution in [0.15, 0.2) is 36.4 Å². The van der Waals surface area contributed by atoms with E-state index in [1.807, 2.05) is 50.2 Å². The highest BCUT2D eigenvalue weighted by molar-refractivity contribution is 5.91. The number of nitrogens with one attached hydrogen (secondary N) is 2. The van der Waals surface area contributed by atoms with Crippen LogP contribution in [-0.4, -0.2) is 19.4 Å². The Balaban J connectivity index is 1.59. The molecule has 0 fully saturated rings. The Hall–Kier alpha value is -2.89. The molecule has 0 unspecified atom stereocenters. The van der Waals surface area contributed by atoms with Gasteiger partial charge >= 0.3 is 6.03 Å². The zero-order valence-electron chi connectivity index (χ0n) is 14.4. The number of aryl methyl sites for hydroxylation is 1. The van der Waals surface area contributed by atoms with E-state index >= 15 is 0 Å². The van der Waals surface area contributed by atoms with Crippen LogP contribution in [0, 0.1) is 6.92 Å². The zero-order chi connectivity index (χ0) is 17.6. The highest BCUT2D eigenvalue weighted by Crippen LogP contribution is 2.32. The number of hydrogen-bond acceptors (Lipinski definition) is 4. The minimum absolute atomic E-state index is 0.237. The van der Waals surface area contributed by atoms with Gasteiger partial charge in [0.2, 0.25) is 6.79 Å². The molecule has 2 amide bonds. The highest BCUT2D eigenvalue weighted by atomic mass is 16.7. The monoisotopic (exact) mass is 342 g/mol. The Kier molecular flexibility index (Phi) is 5.28. The number of fused-ring (bicyclic) bond motifs is 1. The van der Waals surface area contributed by atoms with E-state index in [-0.39, 0.29) is 12.8 Å². The van der Waals surface area contributed by atoms with E-state index in [1.54, 1.807) is 0 Å². The maximum absolute atomic E-state index is 12.2. The van der Waals surface area contributed by atoms with E-state index < -0.39 is 0 Å². The minimum Gasteiger partial charge on any atom is -0.491 e. The van der Waals surface area contributed by atoms with Crippen LogP contribution >= 0.6 is 0 Å². The summed E-state index contributed by atoms with van der Waals surface area (Å²) in [6.45, 7) is 5.26. The van der Waals surface area contributed by atoms with Crippen molar-refractivity contribution in [3.05, 3.63) is 47.5 Å². The fourth-order valence-corrected chi connectivity index (χ4v) is 2.46. The number of carbonyl (C=O) groups excluding carboxylic acids is 1. The number of hydrogen-bond donors (Lipinski definition) is 2. The molecule has 0 saturated heterocycles. The molecular weight excluding hydrogens is 320 g/mol. The topological polar surface area (TPSA) is 68.8 Å². The standard InChI is InChI=1S/C19H22N2O4/c1-3-8-23-17-9-13(2)4-6-15(17)21-19(22)20-11-14-5-7-16-18(10-14)25-12-24-16/h4-7,9-10H,3,8,11-12H2,1-2H3,(H2,20,21,22). The second-order valence-corrected chi connectivity index (χ2v) is 5.84. The summed E-state index contributed by atoms with van der Waals surface area (Å²) in [7, 11) is 0. The summed E-state index contributed by atoms with van der Waals surface area (Å²) in [4.78, 5) is 12.2. The minimum atomic E-state index is -0.289. The van der Waals surface area contributed by atoms with E-state index in [0.717, 1.165) is 23.3 Å². The Morgan fingerprint density at radius 2 is 2.00 bits per heavy atom. The van der Waals surface area contributed by atoms with Crippen LogP contribution in [0.5, 0.6) is 17.2 Å². The van der Waals surface area contributed by atoms with Crippen molar-refractivity contribution >= 4 is 11.7 Å².